The van der Waals surface area contributed by atoms with Crippen molar-refractivity contribution in [2.75, 3.05) is 18.0 Å². The number of hydrogen-bond acceptors (Lipinski definition) is 4. The molecule has 4 nitrogen and oxygen atoms in total. The van der Waals surface area contributed by atoms with Crippen molar-refractivity contribution in [3.63, 3.8) is 0 Å². The van der Waals surface area contributed by atoms with Crippen LogP contribution >= 0.6 is 46.1 Å². The first-order valence-corrected chi connectivity index (χ1v) is 11.9. The van der Waals surface area contributed by atoms with Crippen molar-refractivity contribution in [1.82, 2.24) is 4.98 Å². The molecule has 4 rings (SSSR count). The van der Waals surface area contributed by atoms with Gasteiger partial charge in [-0.2, -0.15) is 26.3 Å². The summed E-state index contributed by atoms with van der Waals surface area (Å²) < 4.78 is 84.1. The van der Waals surface area contributed by atoms with Gasteiger partial charge in [-0.15, -0.1) is 11.3 Å². The molecule has 1 aromatic carbocycles. The van der Waals surface area contributed by atoms with E-state index < -0.39 is 47.7 Å². The number of primary amides is 1. The maximum absolute atomic E-state index is 14.4. The second-order valence-electron chi connectivity index (χ2n) is 8.59. The number of halogens is 9. The van der Waals surface area contributed by atoms with Crippen LogP contribution in [0, 0.1) is 5.41 Å². The maximum atomic E-state index is 14.4. The van der Waals surface area contributed by atoms with E-state index in [1.54, 1.807) is 0 Å². The van der Waals surface area contributed by atoms with Crippen LogP contribution in [-0.2, 0) is 22.8 Å². The molecule has 1 aliphatic heterocycles. The normalized spacial score (nSPS) is 22.3. The molecular weight excluding hydrogens is 551 g/mol. The van der Waals surface area contributed by atoms with Gasteiger partial charge in [-0.1, -0.05) is 34.8 Å². The van der Waals surface area contributed by atoms with Crippen LogP contribution in [0.5, 0.6) is 0 Å². The molecule has 2 heterocycles. The molecule has 14 heteroatoms. The van der Waals surface area contributed by atoms with Gasteiger partial charge in [0.15, 0.2) is 10.8 Å². The van der Waals surface area contributed by atoms with Gasteiger partial charge < -0.3 is 10.6 Å². The van der Waals surface area contributed by atoms with Crippen molar-refractivity contribution in [3.05, 3.63) is 43.3 Å². The van der Waals surface area contributed by atoms with Gasteiger partial charge in [-0.25, -0.2) is 4.98 Å². The lowest BCUT2D eigenvalue weighted by Gasteiger charge is -2.32. The summed E-state index contributed by atoms with van der Waals surface area (Å²) in [6.45, 7) is -0.890. The molecule has 0 bridgehead atoms. The number of nitrogens with zero attached hydrogens (tertiary/aromatic N) is 2. The second kappa shape index (κ2) is 8.31. The largest absolute Gasteiger partial charge is 0.434 e. The van der Waals surface area contributed by atoms with Crippen molar-refractivity contribution < 1.29 is 31.1 Å². The third kappa shape index (κ3) is 4.33. The molecular formula is C20H16Cl3F6N3OS. The second-order valence-corrected chi connectivity index (χ2v) is 10.8. The van der Waals surface area contributed by atoms with E-state index in [2.05, 4.69) is 4.98 Å². The van der Waals surface area contributed by atoms with Gasteiger partial charge in [-0.05, 0) is 43.4 Å². The quantitative estimate of drug-likeness (QED) is 0.326. The average Bonchev–Trinajstić information content (AvgIpc) is 3.15. The van der Waals surface area contributed by atoms with Gasteiger partial charge in [0.2, 0.25) is 5.91 Å². The van der Waals surface area contributed by atoms with E-state index in [1.165, 1.54) is 0 Å². The third-order valence-corrected chi connectivity index (χ3v) is 8.76. The van der Waals surface area contributed by atoms with E-state index in [0.717, 1.165) is 17.0 Å². The Morgan fingerprint density at radius 3 is 2.15 bits per heavy atom. The Balaban J connectivity index is 1.72. The molecule has 34 heavy (non-hydrogen) atoms. The van der Waals surface area contributed by atoms with Gasteiger partial charge in [0.1, 0.15) is 5.41 Å². The first-order chi connectivity index (χ1) is 15.6. The number of carbonyl (C=O) groups excluding carboxylic acids is 1. The fourth-order valence-electron chi connectivity index (χ4n) is 4.22. The van der Waals surface area contributed by atoms with Crippen LogP contribution in [0.1, 0.15) is 35.4 Å². The zero-order chi connectivity index (χ0) is 25.3. The average molecular weight is 567 g/mol. The lowest BCUT2D eigenvalue weighted by atomic mass is 9.79. The van der Waals surface area contributed by atoms with Crippen LogP contribution in [-0.4, -0.2) is 30.2 Å². The Labute approximate surface area is 209 Å². The van der Waals surface area contributed by atoms with Gasteiger partial charge in [-0.3, -0.25) is 4.79 Å². The Bertz CT molecular complexity index is 1120. The number of thiazole rings is 1. The maximum Gasteiger partial charge on any atom is 0.434 e. The summed E-state index contributed by atoms with van der Waals surface area (Å²) in [6, 6.07) is 2.15. The van der Waals surface area contributed by atoms with Crippen LogP contribution in [0.2, 0.25) is 15.1 Å². The molecule has 1 aromatic heterocycles. The molecule has 1 atom stereocenters. The van der Waals surface area contributed by atoms with Crippen LogP contribution in [0.15, 0.2) is 12.1 Å². The predicted molar refractivity (Wildman–Crippen MR) is 118 cm³/mol. The number of hydrogen-bond donors (Lipinski definition) is 1. The number of amides is 1. The standard InChI is InChI=1S/C20H16Cl3F6N3OS/c21-10-5-9(6-11(22)13(10)23)18(20(27,28)29)3-4-32(8-18)16-31-14(19(24,25)26)12(34-16)7-17(1-2-17)15(30)33/h5-6H,1-4,7-8H2,(H2,30,33). The van der Waals surface area contributed by atoms with Crippen molar-refractivity contribution in [2.24, 2.45) is 11.1 Å². The molecule has 1 saturated carbocycles. The van der Waals surface area contributed by atoms with Crippen molar-refractivity contribution in [1.29, 1.82) is 0 Å². The minimum absolute atomic E-state index is 0.0953. The number of aromatic nitrogens is 1. The van der Waals surface area contributed by atoms with E-state index in [0.29, 0.717) is 24.2 Å². The lowest BCUT2D eigenvalue weighted by molar-refractivity contribution is -0.184. The number of benzene rings is 1. The fraction of sp³-hybridized carbons (Fsp3) is 0.500. The molecule has 0 spiro atoms. The Morgan fingerprint density at radius 2 is 1.68 bits per heavy atom. The van der Waals surface area contributed by atoms with E-state index in [1.807, 2.05) is 0 Å². The molecule has 1 unspecified atom stereocenters. The molecule has 2 aliphatic rings. The van der Waals surface area contributed by atoms with E-state index in [9.17, 15) is 31.1 Å². The molecule has 1 saturated heterocycles. The van der Waals surface area contributed by atoms with Gasteiger partial charge >= 0.3 is 12.4 Å². The molecule has 186 valence electrons. The predicted octanol–water partition coefficient (Wildman–Crippen LogP) is 6.64. The molecule has 2 fully saturated rings. The summed E-state index contributed by atoms with van der Waals surface area (Å²) in [5.41, 5.74) is 0.394. The summed E-state index contributed by atoms with van der Waals surface area (Å²) in [5, 5.41) is -0.631. The first-order valence-electron chi connectivity index (χ1n) is 9.93. The van der Waals surface area contributed by atoms with Crippen LogP contribution < -0.4 is 10.6 Å². The topological polar surface area (TPSA) is 59.2 Å². The molecule has 2 aromatic rings. The minimum Gasteiger partial charge on any atom is -0.369 e. The monoisotopic (exact) mass is 565 g/mol. The summed E-state index contributed by atoms with van der Waals surface area (Å²) in [5.74, 6) is -0.704. The zero-order valence-electron chi connectivity index (χ0n) is 17.1. The highest BCUT2D eigenvalue weighted by Gasteiger charge is 2.60. The summed E-state index contributed by atoms with van der Waals surface area (Å²) in [7, 11) is 0. The summed E-state index contributed by atoms with van der Waals surface area (Å²) >= 11 is 18.4. The van der Waals surface area contributed by atoms with Gasteiger partial charge in [0.05, 0.1) is 20.5 Å². The van der Waals surface area contributed by atoms with Gasteiger partial charge in [0.25, 0.3) is 0 Å². The van der Waals surface area contributed by atoms with E-state index in [-0.39, 0.29) is 43.6 Å². The fourth-order valence-corrected chi connectivity index (χ4v) is 6.06. The molecule has 2 N–H and O–H groups in total. The SMILES string of the molecule is NC(=O)C1(Cc2sc(N3CCC(c4cc(Cl)c(Cl)c(Cl)c4)(C(F)(F)F)C3)nc2C(F)(F)F)CC1. The highest BCUT2D eigenvalue weighted by Crippen LogP contribution is 2.53. The summed E-state index contributed by atoms with van der Waals surface area (Å²) in [4.78, 5) is 16.3. The zero-order valence-corrected chi connectivity index (χ0v) is 20.2. The smallest absolute Gasteiger partial charge is 0.369 e. The lowest BCUT2D eigenvalue weighted by Crippen LogP contribution is -2.44. The third-order valence-electron chi connectivity index (χ3n) is 6.45. The number of rotatable bonds is 5. The van der Waals surface area contributed by atoms with Gasteiger partial charge in [0, 0.05) is 18.0 Å². The number of nitrogens with two attached hydrogens (primary N) is 1. The van der Waals surface area contributed by atoms with Crippen LogP contribution in [0.3, 0.4) is 0 Å². The Morgan fingerprint density at radius 1 is 1.09 bits per heavy atom. The minimum atomic E-state index is -4.84. The highest BCUT2D eigenvalue weighted by molar-refractivity contribution is 7.15. The summed E-state index contributed by atoms with van der Waals surface area (Å²) in [6.07, 6.45) is -9.60. The number of carbonyl (C=O) groups is 1. The van der Waals surface area contributed by atoms with Crippen LogP contribution in [0.4, 0.5) is 31.5 Å². The first kappa shape index (κ1) is 25.7. The van der Waals surface area contributed by atoms with Crippen LogP contribution in [0.25, 0.3) is 0 Å². The molecule has 1 aliphatic carbocycles. The highest BCUT2D eigenvalue weighted by atomic mass is 35.5. The van der Waals surface area contributed by atoms with Crippen molar-refractivity contribution in [3.8, 4) is 0 Å². The Hall–Kier alpha value is -1.43. The van der Waals surface area contributed by atoms with E-state index >= 15 is 0 Å². The van der Waals surface area contributed by atoms with Crippen molar-refractivity contribution >= 4 is 57.2 Å². The number of anilines is 1. The Kier molecular flexibility index (Phi) is 6.27. The number of alkyl halides is 6. The van der Waals surface area contributed by atoms with E-state index in [4.69, 9.17) is 40.5 Å². The van der Waals surface area contributed by atoms with Crippen molar-refractivity contribution in [2.45, 2.75) is 43.5 Å². The molecule has 1 amide bonds. The molecule has 0 radical (unpaired) electrons.